The smallest absolute Gasteiger partial charge is 0.337 e. The van der Waals surface area contributed by atoms with Gasteiger partial charge in [-0.25, -0.2) is 4.79 Å². The summed E-state index contributed by atoms with van der Waals surface area (Å²) in [5.41, 5.74) is 6.67. The van der Waals surface area contributed by atoms with E-state index in [1.165, 1.54) is 6.92 Å². The first kappa shape index (κ1) is 13.2. The molecule has 1 aromatic carbocycles. The van der Waals surface area contributed by atoms with Gasteiger partial charge in [0.1, 0.15) is 0 Å². The van der Waals surface area contributed by atoms with Gasteiger partial charge in [0.2, 0.25) is 5.91 Å². The second-order valence-corrected chi connectivity index (χ2v) is 3.82. The number of carbonyl (C=O) groups excluding carboxylic acids is 1. The van der Waals surface area contributed by atoms with Crippen molar-refractivity contribution in [1.29, 1.82) is 0 Å². The van der Waals surface area contributed by atoms with Gasteiger partial charge < -0.3 is 16.2 Å². The van der Waals surface area contributed by atoms with Gasteiger partial charge in [0, 0.05) is 0 Å². The van der Waals surface area contributed by atoms with Gasteiger partial charge in [-0.1, -0.05) is 13.0 Å². The molecule has 0 saturated carbocycles. The van der Waals surface area contributed by atoms with Crippen LogP contribution >= 0.6 is 0 Å². The van der Waals surface area contributed by atoms with Crippen LogP contribution in [0, 0.1) is 0 Å². The molecule has 0 aliphatic rings. The Morgan fingerprint density at radius 1 is 1.47 bits per heavy atom. The van der Waals surface area contributed by atoms with Crippen LogP contribution in [0.5, 0.6) is 0 Å². The molecule has 0 heterocycles. The van der Waals surface area contributed by atoms with Gasteiger partial charge in [-0.15, -0.1) is 0 Å². The molecule has 0 aliphatic carbocycles. The van der Waals surface area contributed by atoms with Crippen molar-refractivity contribution in [2.45, 2.75) is 26.3 Å². The number of amides is 1. The van der Waals surface area contributed by atoms with E-state index in [0.717, 1.165) is 12.0 Å². The third kappa shape index (κ3) is 3.29. The minimum Gasteiger partial charge on any atom is -0.478 e. The van der Waals surface area contributed by atoms with Crippen molar-refractivity contribution >= 4 is 17.6 Å². The largest absolute Gasteiger partial charge is 0.478 e. The molecule has 1 amide bonds. The van der Waals surface area contributed by atoms with Crippen molar-refractivity contribution in [2.75, 3.05) is 5.32 Å². The van der Waals surface area contributed by atoms with Crippen molar-refractivity contribution in [3.05, 3.63) is 29.3 Å². The number of carboxylic acid groups (broad SMARTS) is 1. The second-order valence-electron chi connectivity index (χ2n) is 3.82. The van der Waals surface area contributed by atoms with Crippen LogP contribution in [0.4, 0.5) is 5.69 Å². The predicted octanol–water partition coefficient (Wildman–Crippen LogP) is 1.23. The highest BCUT2D eigenvalue weighted by Crippen LogP contribution is 2.18. The van der Waals surface area contributed by atoms with Crippen molar-refractivity contribution in [3.63, 3.8) is 0 Å². The first-order chi connectivity index (χ1) is 7.95. The molecule has 0 bridgehead atoms. The third-order valence-corrected chi connectivity index (χ3v) is 2.39. The number of benzene rings is 1. The molecule has 92 valence electrons. The van der Waals surface area contributed by atoms with Crippen LogP contribution in [0.3, 0.4) is 0 Å². The summed E-state index contributed by atoms with van der Waals surface area (Å²) in [7, 11) is 0. The topological polar surface area (TPSA) is 92.4 Å². The molecule has 0 radical (unpaired) electrons. The lowest BCUT2D eigenvalue weighted by Gasteiger charge is -2.11. The van der Waals surface area contributed by atoms with E-state index in [4.69, 9.17) is 10.8 Å². The van der Waals surface area contributed by atoms with E-state index in [9.17, 15) is 9.59 Å². The minimum absolute atomic E-state index is 0.0818. The zero-order chi connectivity index (χ0) is 13.0. The molecule has 1 aromatic rings. The number of nitrogens with one attached hydrogen (secondary N) is 1. The fourth-order valence-corrected chi connectivity index (χ4v) is 1.34. The molecule has 0 fully saturated rings. The van der Waals surface area contributed by atoms with Crippen LogP contribution in [0.1, 0.15) is 29.8 Å². The summed E-state index contributed by atoms with van der Waals surface area (Å²) in [5, 5.41) is 11.6. The lowest BCUT2D eigenvalue weighted by molar-refractivity contribution is -0.117. The summed E-state index contributed by atoms with van der Waals surface area (Å²) in [4.78, 5) is 22.5. The molecule has 17 heavy (non-hydrogen) atoms. The molecule has 5 heteroatoms. The standard InChI is InChI=1S/C12H16N2O3/c1-3-8-4-5-10(9(6-8)12(16)17)14-11(15)7(2)13/h4-7H,3,13H2,1-2H3,(H,14,15)(H,16,17). The number of anilines is 1. The van der Waals surface area contributed by atoms with Crippen LogP contribution in [0.25, 0.3) is 0 Å². The van der Waals surface area contributed by atoms with Crippen molar-refractivity contribution < 1.29 is 14.7 Å². The maximum Gasteiger partial charge on any atom is 0.337 e. The second kappa shape index (κ2) is 5.45. The SMILES string of the molecule is CCc1ccc(NC(=O)C(C)N)c(C(=O)O)c1. The van der Waals surface area contributed by atoms with Gasteiger partial charge in [0.25, 0.3) is 0 Å². The number of hydrogen-bond acceptors (Lipinski definition) is 3. The number of rotatable bonds is 4. The lowest BCUT2D eigenvalue weighted by Crippen LogP contribution is -2.33. The Morgan fingerprint density at radius 3 is 2.59 bits per heavy atom. The van der Waals surface area contributed by atoms with E-state index in [2.05, 4.69) is 5.32 Å². The average molecular weight is 236 g/mol. The molecule has 4 N–H and O–H groups in total. The maximum atomic E-state index is 11.4. The maximum absolute atomic E-state index is 11.4. The Balaban J connectivity index is 3.06. The highest BCUT2D eigenvalue weighted by molar-refractivity contribution is 6.02. The normalized spacial score (nSPS) is 11.9. The number of carboxylic acids is 1. The first-order valence-electron chi connectivity index (χ1n) is 5.38. The third-order valence-electron chi connectivity index (χ3n) is 2.39. The Hall–Kier alpha value is -1.88. The monoisotopic (exact) mass is 236 g/mol. The number of nitrogens with two attached hydrogens (primary N) is 1. The van der Waals surface area contributed by atoms with Crippen LogP contribution in [-0.2, 0) is 11.2 Å². The molecule has 1 atom stereocenters. The molecule has 0 spiro atoms. The van der Waals surface area contributed by atoms with E-state index in [-0.39, 0.29) is 11.3 Å². The Labute approximate surface area is 99.6 Å². The summed E-state index contributed by atoms with van der Waals surface area (Å²) in [6.07, 6.45) is 0.738. The van der Waals surface area contributed by atoms with E-state index in [0.29, 0.717) is 0 Å². The highest BCUT2D eigenvalue weighted by Gasteiger charge is 2.14. The minimum atomic E-state index is -1.07. The van der Waals surface area contributed by atoms with E-state index < -0.39 is 17.9 Å². The predicted molar refractivity (Wildman–Crippen MR) is 65.1 cm³/mol. The first-order valence-corrected chi connectivity index (χ1v) is 5.38. The molecule has 0 saturated heterocycles. The van der Waals surface area contributed by atoms with Gasteiger partial charge in [-0.2, -0.15) is 0 Å². The Morgan fingerprint density at radius 2 is 2.12 bits per heavy atom. The van der Waals surface area contributed by atoms with Crippen LogP contribution in [-0.4, -0.2) is 23.0 Å². The summed E-state index contributed by atoms with van der Waals surface area (Å²) >= 11 is 0. The molecular formula is C12H16N2O3. The van der Waals surface area contributed by atoms with Gasteiger partial charge >= 0.3 is 5.97 Å². The molecule has 1 rings (SSSR count). The molecule has 1 unspecified atom stereocenters. The number of aryl methyl sites for hydroxylation is 1. The zero-order valence-electron chi connectivity index (χ0n) is 9.86. The van der Waals surface area contributed by atoms with E-state index in [1.54, 1.807) is 18.2 Å². The lowest BCUT2D eigenvalue weighted by atomic mass is 10.1. The summed E-state index contributed by atoms with van der Waals surface area (Å²) < 4.78 is 0. The number of hydrogen-bond donors (Lipinski definition) is 3. The summed E-state index contributed by atoms with van der Waals surface area (Å²) in [5.74, 6) is -1.47. The van der Waals surface area contributed by atoms with Crippen LogP contribution in [0.15, 0.2) is 18.2 Å². The van der Waals surface area contributed by atoms with Gasteiger partial charge in [-0.3, -0.25) is 4.79 Å². The molecular weight excluding hydrogens is 220 g/mol. The fraction of sp³-hybridized carbons (Fsp3) is 0.333. The summed E-state index contributed by atoms with van der Waals surface area (Å²) in [6, 6.07) is 4.24. The quantitative estimate of drug-likeness (QED) is 0.733. The van der Waals surface area contributed by atoms with Crippen molar-refractivity contribution in [3.8, 4) is 0 Å². The number of aromatic carboxylic acids is 1. The van der Waals surface area contributed by atoms with Crippen LogP contribution < -0.4 is 11.1 Å². The molecule has 0 aliphatic heterocycles. The van der Waals surface area contributed by atoms with Crippen molar-refractivity contribution in [1.82, 2.24) is 0 Å². The van der Waals surface area contributed by atoms with Gasteiger partial charge in [-0.05, 0) is 31.0 Å². The fourth-order valence-electron chi connectivity index (χ4n) is 1.34. The van der Waals surface area contributed by atoms with E-state index >= 15 is 0 Å². The Bertz CT molecular complexity index is 441. The zero-order valence-corrected chi connectivity index (χ0v) is 9.86. The summed E-state index contributed by atoms with van der Waals surface area (Å²) in [6.45, 7) is 3.47. The van der Waals surface area contributed by atoms with Gasteiger partial charge in [0.05, 0.1) is 17.3 Å². The van der Waals surface area contributed by atoms with Gasteiger partial charge in [0.15, 0.2) is 0 Å². The number of carbonyl (C=O) groups is 2. The van der Waals surface area contributed by atoms with Crippen molar-refractivity contribution in [2.24, 2.45) is 5.73 Å². The Kier molecular flexibility index (Phi) is 4.23. The van der Waals surface area contributed by atoms with E-state index in [1.807, 2.05) is 6.92 Å². The molecule has 5 nitrogen and oxygen atoms in total. The highest BCUT2D eigenvalue weighted by atomic mass is 16.4. The molecule has 0 aromatic heterocycles. The van der Waals surface area contributed by atoms with Crippen LogP contribution in [0.2, 0.25) is 0 Å². The average Bonchev–Trinajstić information content (AvgIpc) is 2.29.